The first-order valence-electron chi connectivity index (χ1n) is 2.95. The van der Waals surface area contributed by atoms with E-state index >= 15 is 0 Å². The molecule has 0 aliphatic heterocycles. The van der Waals surface area contributed by atoms with Gasteiger partial charge < -0.3 is 9.72 Å². The van der Waals surface area contributed by atoms with Gasteiger partial charge in [-0.2, -0.15) is 4.98 Å². The Balaban J connectivity index is 3.12. The van der Waals surface area contributed by atoms with Crippen LogP contribution in [0.1, 0.15) is 0 Å². The topological polar surface area (TPSA) is 55.0 Å². The minimum absolute atomic E-state index is 0.193. The number of methoxy groups -OCH3 is 1. The molecule has 1 heterocycles. The van der Waals surface area contributed by atoms with Crippen LogP contribution in [0.15, 0.2) is 16.0 Å². The summed E-state index contributed by atoms with van der Waals surface area (Å²) in [7, 11) is 1.48. The molecule has 1 aromatic heterocycles. The number of nitrogens with zero attached hydrogens (tertiary/aromatic N) is 1. The molecule has 0 fully saturated rings. The second-order valence-corrected chi connectivity index (χ2v) is 2.59. The number of H-pyrrole nitrogens is 1. The number of hydrogen-bond acceptors (Lipinski definition) is 4. The van der Waals surface area contributed by atoms with Gasteiger partial charge in [0, 0.05) is 0 Å². The fourth-order valence-electron chi connectivity index (χ4n) is 0.615. The Morgan fingerprint density at radius 1 is 1.73 bits per heavy atom. The molecule has 0 aliphatic rings. The lowest BCUT2D eigenvalue weighted by Crippen LogP contribution is -2.07. The Kier molecular flexibility index (Phi) is 2.53. The van der Waals surface area contributed by atoms with Crippen molar-refractivity contribution >= 4 is 11.8 Å². The lowest BCUT2D eigenvalue weighted by molar-refractivity contribution is 0.391. The van der Waals surface area contributed by atoms with Gasteiger partial charge in [0.2, 0.25) is 5.88 Å². The van der Waals surface area contributed by atoms with Gasteiger partial charge in [-0.1, -0.05) is 11.8 Å². The van der Waals surface area contributed by atoms with Gasteiger partial charge in [-0.15, -0.1) is 0 Å². The summed E-state index contributed by atoms with van der Waals surface area (Å²) in [5.41, 5.74) is -0.193. The van der Waals surface area contributed by atoms with Gasteiger partial charge in [-0.25, -0.2) is 0 Å². The Labute approximate surface area is 68.0 Å². The van der Waals surface area contributed by atoms with Crippen molar-refractivity contribution in [1.82, 2.24) is 9.97 Å². The Bertz CT molecular complexity index is 272. The molecule has 0 unspecified atom stereocenters. The predicted octanol–water partition coefficient (Wildman–Crippen LogP) is 0.500. The lowest BCUT2D eigenvalue weighted by atomic mass is 10.6. The van der Waals surface area contributed by atoms with Crippen molar-refractivity contribution in [3.63, 3.8) is 0 Å². The number of nitrogens with one attached hydrogen (secondary N) is 1. The Morgan fingerprint density at radius 3 is 3.00 bits per heavy atom. The number of aromatic amines is 1. The summed E-state index contributed by atoms with van der Waals surface area (Å²) in [6.07, 6.45) is 1.83. The first kappa shape index (κ1) is 8.13. The predicted molar refractivity (Wildman–Crippen MR) is 43.2 cm³/mol. The molecular formula is C6H8N2O2S. The van der Waals surface area contributed by atoms with Crippen molar-refractivity contribution in [2.24, 2.45) is 0 Å². The van der Waals surface area contributed by atoms with E-state index < -0.39 is 0 Å². The second-order valence-electron chi connectivity index (χ2n) is 1.80. The highest BCUT2D eigenvalue weighted by Crippen LogP contribution is 2.08. The number of hydrogen-bond donors (Lipinski definition) is 1. The quantitative estimate of drug-likeness (QED) is 0.521. The average molecular weight is 172 g/mol. The minimum atomic E-state index is -0.193. The fourth-order valence-corrected chi connectivity index (χ4v) is 0.999. The molecule has 0 spiro atoms. The van der Waals surface area contributed by atoms with Crippen LogP contribution in [0.3, 0.4) is 0 Å². The minimum Gasteiger partial charge on any atom is -0.481 e. The van der Waals surface area contributed by atoms with Crippen LogP contribution in [0.2, 0.25) is 0 Å². The summed E-state index contributed by atoms with van der Waals surface area (Å²) in [4.78, 5) is 17.3. The van der Waals surface area contributed by atoms with Crippen LogP contribution in [0.5, 0.6) is 5.88 Å². The van der Waals surface area contributed by atoms with Crippen LogP contribution >= 0.6 is 11.8 Å². The molecule has 1 aromatic rings. The summed E-state index contributed by atoms with van der Waals surface area (Å²) in [6.45, 7) is 0. The highest BCUT2D eigenvalue weighted by atomic mass is 32.2. The third-order valence-corrected chi connectivity index (χ3v) is 1.68. The van der Waals surface area contributed by atoms with E-state index in [1.165, 1.54) is 24.9 Å². The van der Waals surface area contributed by atoms with Crippen molar-refractivity contribution in [3.05, 3.63) is 16.4 Å². The van der Waals surface area contributed by atoms with Gasteiger partial charge in [0.05, 0.1) is 13.2 Å². The van der Waals surface area contributed by atoms with Crippen LogP contribution in [0.25, 0.3) is 0 Å². The molecular weight excluding hydrogens is 164 g/mol. The molecule has 60 valence electrons. The van der Waals surface area contributed by atoms with Crippen molar-refractivity contribution in [1.29, 1.82) is 0 Å². The number of rotatable bonds is 2. The summed E-state index contributed by atoms with van der Waals surface area (Å²) in [5, 5.41) is 0.564. The van der Waals surface area contributed by atoms with Crippen LogP contribution in [0.4, 0.5) is 0 Å². The summed E-state index contributed by atoms with van der Waals surface area (Å²) >= 11 is 1.37. The van der Waals surface area contributed by atoms with Crippen molar-refractivity contribution < 1.29 is 4.74 Å². The molecule has 0 amide bonds. The fraction of sp³-hybridized carbons (Fsp3) is 0.333. The molecule has 4 nitrogen and oxygen atoms in total. The molecule has 0 radical (unpaired) electrons. The molecule has 0 saturated carbocycles. The van der Waals surface area contributed by atoms with Crippen LogP contribution in [-0.4, -0.2) is 23.3 Å². The van der Waals surface area contributed by atoms with E-state index in [1.807, 2.05) is 6.26 Å². The SMILES string of the molecule is COc1cc(=O)[nH]c(SC)n1. The van der Waals surface area contributed by atoms with Crippen molar-refractivity contribution in [2.45, 2.75) is 5.16 Å². The molecule has 1 N–H and O–H groups in total. The van der Waals surface area contributed by atoms with E-state index in [0.717, 1.165) is 0 Å². The Morgan fingerprint density at radius 2 is 2.45 bits per heavy atom. The van der Waals surface area contributed by atoms with E-state index in [-0.39, 0.29) is 5.56 Å². The van der Waals surface area contributed by atoms with E-state index in [0.29, 0.717) is 11.0 Å². The number of ether oxygens (including phenoxy) is 1. The van der Waals surface area contributed by atoms with E-state index in [9.17, 15) is 4.79 Å². The zero-order valence-corrected chi connectivity index (χ0v) is 7.07. The third kappa shape index (κ3) is 1.98. The summed E-state index contributed by atoms with van der Waals surface area (Å²) in [5.74, 6) is 0.345. The molecule has 0 aromatic carbocycles. The van der Waals surface area contributed by atoms with Crippen molar-refractivity contribution in [2.75, 3.05) is 13.4 Å². The maximum Gasteiger partial charge on any atom is 0.255 e. The maximum absolute atomic E-state index is 10.8. The van der Waals surface area contributed by atoms with Crippen LogP contribution in [-0.2, 0) is 0 Å². The van der Waals surface area contributed by atoms with E-state index in [4.69, 9.17) is 4.74 Å². The summed E-state index contributed by atoms with van der Waals surface area (Å²) < 4.78 is 4.79. The largest absolute Gasteiger partial charge is 0.481 e. The van der Waals surface area contributed by atoms with Gasteiger partial charge in [0.15, 0.2) is 5.16 Å². The van der Waals surface area contributed by atoms with Gasteiger partial charge in [-0.05, 0) is 6.26 Å². The molecule has 0 bridgehead atoms. The van der Waals surface area contributed by atoms with E-state index in [2.05, 4.69) is 9.97 Å². The normalized spacial score (nSPS) is 9.64. The molecule has 1 rings (SSSR count). The van der Waals surface area contributed by atoms with Crippen LogP contribution < -0.4 is 10.3 Å². The first-order valence-corrected chi connectivity index (χ1v) is 4.18. The zero-order chi connectivity index (χ0) is 8.27. The smallest absolute Gasteiger partial charge is 0.255 e. The molecule has 5 heteroatoms. The second kappa shape index (κ2) is 3.43. The zero-order valence-electron chi connectivity index (χ0n) is 6.25. The lowest BCUT2D eigenvalue weighted by Gasteiger charge is -1.98. The monoisotopic (exact) mass is 172 g/mol. The van der Waals surface area contributed by atoms with E-state index in [1.54, 1.807) is 0 Å². The highest BCUT2D eigenvalue weighted by molar-refractivity contribution is 7.98. The van der Waals surface area contributed by atoms with Gasteiger partial charge in [0.25, 0.3) is 5.56 Å². The number of thioether (sulfide) groups is 1. The van der Waals surface area contributed by atoms with Gasteiger partial charge in [0.1, 0.15) is 0 Å². The first-order chi connectivity index (χ1) is 5.26. The molecule has 11 heavy (non-hydrogen) atoms. The molecule has 0 aliphatic carbocycles. The summed E-state index contributed by atoms with van der Waals surface area (Å²) in [6, 6.07) is 1.31. The van der Waals surface area contributed by atoms with Gasteiger partial charge in [-0.3, -0.25) is 4.79 Å². The average Bonchev–Trinajstić information content (AvgIpc) is 2.03. The van der Waals surface area contributed by atoms with Crippen molar-refractivity contribution in [3.8, 4) is 5.88 Å². The Hall–Kier alpha value is -0.970. The maximum atomic E-state index is 10.8. The molecule has 0 atom stereocenters. The third-order valence-electron chi connectivity index (χ3n) is 1.10. The van der Waals surface area contributed by atoms with Gasteiger partial charge >= 0.3 is 0 Å². The standard InChI is InChI=1S/C6H8N2O2S/c1-10-5-3-4(9)7-6(8-5)11-2/h3H,1-2H3,(H,7,8,9). The van der Waals surface area contributed by atoms with Crippen LogP contribution in [0, 0.1) is 0 Å². The number of aromatic nitrogens is 2. The molecule has 0 saturated heterocycles. The highest BCUT2D eigenvalue weighted by Gasteiger charge is 1.97.